The highest BCUT2D eigenvalue weighted by atomic mass is 32.2. The van der Waals surface area contributed by atoms with E-state index in [-0.39, 0.29) is 17.3 Å². The van der Waals surface area contributed by atoms with Crippen LogP contribution in [0.2, 0.25) is 0 Å². The summed E-state index contributed by atoms with van der Waals surface area (Å²) in [6.07, 6.45) is 2.28. The number of ether oxygens (including phenoxy) is 1. The van der Waals surface area contributed by atoms with Crippen molar-refractivity contribution in [2.75, 3.05) is 31.0 Å². The number of methoxy groups -OCH3 is 1. The van der Waals surface area contributed by atoms with Crippen LogP contribution in [0.15, 0.2) is 83.8 Å². The molecule has 0 aromatic heterocycles. The van der Waals surface area contributed by atoms with Gasteiger partial charge in [-0.2, -0.15) is 0 Å². The molecule has 2 amide bonds. The van der Waals surface area contributed by atoms with Gasteiger partial charge in [-0.05, 0) is 68.7 Å². The second kappa shape index (κ2) is 14.5. The van der Waals surface area contributed by atoms with Crippen molar-refractivity contribution in [3.8, 4) is 5.75 Å². The fraction of sp³-hybridized carbons (Fsp3) is 0.355. The van der Waals surface area contributed by atoms with E-state index < -0.39 is 28.5 Å². The molecule has 0 saturated carbocycles. The number of benzene rings is 3. The zero-order valence-corrected chi connectivity index (χ0v) is 24.5. The lowest BCUT2D eigenvalue weighted by molar-refractivity contribution is -0.138. The van der Waals surface area contributed by atoms with E-state index in [1.165, 1.54) is 24.1 Å². The van der Waals surface area contributed by atoms with Gasteiger partial charge in [-0.15, -0.1) is 0 Å². The Hall–Kier alpha value is -3.85. The number of sulfonamides is 1. The third-order valence-electron chi connectivity index (χ3n) is 6.73. The summed E-state index contributed by atoms with van der Waals surface area (Å²) >= 11 is 0. The van der Waals surface area contributed by atoms with Crippen LogP contribution in [0, 0.1) is 6.92 Å². The lowest BCUT2D eigenvalue weighted by Gasteiger charge is -2.32. The normalized spacial score (nSPS) is 11.9. The Balaban J connectivity index is 1.94. The van der Waals surface area contributed by atoms with E-state index in [0.29, 0.717) is 24.4 Å². The first-order valence-electron chi connectivity index (χ1n) is 13.5. The maximum atomic E-state index is 13.9. The molecule has 1 atom stereocenters. The van der Waals surface area contributed by atoms with Gasteiger partial charge < -0.3 is 15.0 Å². The fourth-order valence-electron chi connectivity index (χ4n) is 4.22. The van der Waals surface area contributed by atoms with Crippen molar-refractivity contribution in [1.29, 1.82) is 0 Å². The standard InChI is InChI=1S/C31H39N3O5S/c1-5-6-21-32-31(36)25(3)33(22-20-26-10-8-7-9-11-26)30(35)23-34(27-14-12-24(2)13-15-27)40(37,38)29-18-16-28(39-4)17-19-29/h7-19,25H,5-6,20-23H2,1-4H3,(H,32,36). The average Bonchev–Trinajstić information content (AvgIpc) is 2.97. The molecule has 3 rings (SSSR count). The monoisotopic (exact) mass is 565 g/mol. The lowest BCUT2D eigenvalue weighted by Crippen LogP contribution is -2.52. The minimum atomic E-state index is -4.12. The summed E-state index contributed by atoms with van der Waals surface area (Å²) < 4.78 is 34.0. The highest BCUT2D eigenvalue weighted by molar-refractivity contribution is 7.92. The molecule has 1 N–H and O–H groups in total. The number of anilines is 1. The van der Waals surface area contributed by atoms with Crippen molar-refractivity contribution in [1.82, 2.24) is 10.2 Å². The molecular formula is C31H39N3O5S. The first kappa shape index (κ1) is 30.7. The Labute approximate surface area is 238 Å². The zero-order valence-electron chi connectivity index (χ0n) is 23.7. The largest absolute Gasteiger partial charge is 0.497 e. The van der Waals surface area contributed by atoms with Gasteiger partial charge in [0.2, 0.25) is 11.8 Å². The predicted octanol–water partition coefficient (Wildman–Crippen LogP) is 4.58. The number of nitrogens with one attached hydrogen (secondary N) is 1. The second-order valence-electron chi connectivity index (χ2n) is 9.67. The van der Waals surface area contributed by atoms with Crippen molar-refractivity contribution < 1.29 is 22.7 Å². The minimum Gasteiger partial charge on any atom is -0.497 e. The SMILES string of the molecule is CCCCNC(=O)C(C)N(CCc1ccccc1)C(=O)CN(c1ccc(C)cc1)S(=O)(=O)c1ccc(OC)cc1. The maximum absolute atomic E-state index is 13.9. The molecule has 1 unspecified atom stereocenters. The Bertz CT molecular complexity index is 1340. The van der Waals surface area contributed by atoms with E-state index in [1.54, 1.807) is 43.3 Å². The van der Waals surface area contributed by atoms with Gasteiger partial charge in [0, 0.05) is 13.1 Å². The van der Waals surface area contributed by atoms with Gasteiger partial charge in [-0.25, -0.2) is 8.42 Å². The minimum absolute atomic E-state index is 0.0304. The molecule has 214 valence electrons. The number of hydrogen-bond donors (Lipinski definition) is 1. The van der Waals surface area contributed by atoms with Crippen LogP contribution < -0.4 is 14.4 Å². The summed E-state index contributed by atoms with van der Waals surface area (Å²) in [6, 6.07) is 21.9. The summed E-state index contributed by atoms with van der Waals surface area (Å²) in [4.78, 5) is 28.4. The van der Waals surface area contributed by atoms with Crippen molar-refractivity contribution in [3.05, 3.63) is 90.0 Å². The van der Waals surface area contributed by atoms with E-state index >= 15 is 0 Å². The summed E-state index contributed by atoms with van der Waals surface area (Å²) in [5, 5.41) is 2.90. The Kier molecular flexibility index (Phi) is 11.1. The van der Waals surface area contributed by atoms with Gasteiger partial charge in [-0.1, -0.05) is 61.4 Å². The van der Waals surface area contributed by atoms with E-state index in [2.05, 4.69) is 5.32 Å². The van der Waals surface area contributed by atoms with Crippen LogP contribution in [-0.2, 0) is 26.0 Å². The van der Waals surface area contributed by atoms with Crippen LogP contribution in [0.4, 0.5) is 5.69 Å². The molecule has 0 bridgehead atoms. The quantitative estimate of drug-likeness (QED) is 0.289. The number of carbonyl (C=O) groups is 2. The molecular weight excluding hydrogens is 526 g/mol. The number of rotatable bonds is 14. The highest BCUT2D eigenvalue weighted by Crippen LogP contribution is 2.26. The molecule has 40 heavy (non-hydrogen) atoms. The van der Waals surface area contributed by atoms with E-state index in [4.69, 9.17) is 4.74 Å². The van der Waals surface area contributed by atoms with Crippen molar-refractivity contribution >= 4 is 27.5 Å². The van der Waals surface area contributed by atoms with Gasteiger partial charge in [0.15, 0.2) is 0 Å². The Morgan fingerprint density at radius 1 is 0.950 bits per heavy atom. The maximum Gasteiger partial charge on any atom is 0.264 e. The van der Waals surface area contributed by atoms with Gasteiger partial charge in [0.25, 0.3) is 10.0 Å². The average molecular weight is 566 g/mol. The zero-order chi connectivity index (χ0) is 29.1. The summed E-state index contributed by atoms with van der Waals surface area (Å²) in [5.41, 5.74) is 2.33. The third kappa shape index (κ3) is 8.08. The van der Waals surface area contributed by atoms with E-state index in [9.17, 15) is 18.0 Å². The molecule has 3 aromatic rings. The predicted molar refractivity (Wildman–Crippen MR) is 158 cm³/mol. The second-order valence-corrected chi connectivity index (χ2v) is 11.5. The number of aryl methyl sites for hydroxylation is 1. The van der Waals surface area contributed by atoms with Crippen LogP contribution in [0.3, 0.4) is 0 Å². The number of amides is 2. The van der Waals surface area contributed by atoms with Crippen LogP contribution in [0.1, 0.15) is 37.8 Å². The lowest BCUT2D eigenvalue weighted by atomic mass is 10.1. The van der Waals surface area contributed by atoms with Crippen LogP contribution >= 0.6 is 0 Å². The first-order chi connectivity index (χ1) is 19.2. The summed E-state index contributed by atoms with van der Waals surface area (Å²) in [5.74, 6) is -0.214. The van der Waals surface area contributed by atoms with Crippen LogP contribution in [-0.4, -0.2) is 57.9 Å². The Morgan fingerprint density at radius 3 is 2.20 bits per heavy atom. The number of unbranched alkanes of at least 4 members (excludes halogenated alkanes) is 1. The molecule has 0 saturated heterocycles. The molecule has 8 nitrogen and oxygen atoms in total. The van der Waals surface area contributed by atoms with Crippen LogP contribution in [0.25, 0.3) is 0 Å². The van der Waals surface area contributed by atoms with Gasteiger partial charge >= 0.3 is 0 Å². The molecule has 0 heterocycles. The molecule has 0 aliphatic rings. The third-order valence-corrected chi connectivity index (χ3v) is 8.52. The molecule has 9 heteroatoms. The molecule has 0 spiro atoms. The highest BCUT2D eigenvalue weighted by Gasteiger charge is 2.32. The molecule has 0 aliphatic carbocycles. The van der Waals surface area contributed by atoms with Gasteiger partial charge in [0.1, 0.15) is 18.3 Å². The van der Waals surface area contributed by atoms with Crippen LogP contribution in [0.5, 0.6) is 5.75 Å². The topological polar surface area (TPSA) is 96.0 Å². The summed E-state index contributed by atoms with van der Waals surface area (Å²) in [6.45, 7) is 5.93. The molecule has 0 fully saturated rings. The van der Waals surface area contributed by atoms with E-state index in [1.807, 2.05) is 44.2 Å². The van der Waals surface area contributed by atoms with E-state index in [0.717, 1.165) is 28.3 Å². The van der Waals surface area contributed by atoms with Gasteiger partial charge in [0.05, 0.1) is 17.7 Å². The summed E-state index contributed by atoms with van der Waals surface area (Å²) in [7, 11) is -2.62. The van der Waals surface area contributed by atoms with Gasteiger partial charge in [-0.3, -0.25) is 13.9 Å². The first-order valence-corrected chi connectivity index (χ1v) is 15.0. The molecule has 0 radical (unpaired) electrons. The smallest absolute Gasteiger partial charge is 0.264 e. The van der Waals surface area contributed by atoms with Crippen molar-refractivity contribution in [3.63, 3.8) is 0 Å². The fourth-order valence-corrected chi connectivity index (χ4v) is 5.64. The number of nitrogens with zero attached hydrogens (tertiary/aromatic N) is 2. The van der Waals surface area contributed by atoms with Crippen molar-refractivity contribution in [2.45, 2.75) is 51.0 Å². The Morgan fingerprint density at radius 2 is 1.60 bits per heavy atom. The number of carbonyl (C=O) groups excluding carboxylic acids is 2. The van der Waals surface area contributed by atoms with Crippen molar-refractivity contribution in [2.24, 2.45) is 0 Å². The molecule has 0 aliphatic heterocycles. The number of hydrogen-bond acceptors (Lipinski definition) is 5. The molecule has 3 aromatic carbocycles.